The largest absolute Gasteiger partial charge is 0.462 e. The zero-order valence-corrected chi connectivity index (χ0v) is 25.1. The van der Waals surface area contributed by atoms with Gasteiger partial charge in [0.1, 0.15) is 11.5 Å². The fourth-order valence-electron chi connectivity index (χ4n) is 4.68. The van der Waals surface area contributed by atoms with Crippen LogP contribution in [0.1, 0.15) is 67.4 Å². The topological polar surface area (TPSA) is 111 Å². The first-order chi connectivity index (χ1) is 20.6. The van der Waals surface area contributed by atoms with E-state index < -0.39 is 30.4 Å². The molecule has 2 amide bonds. The van der Waals surface area contributed by atoms with Crippen LogP contribution in [0.25, 0.3) is 0 Å². The van der Waals surface area contributed by atoms with E-state index in [1.54, 1.807) is 48.5 Å². The third-order valence-corrected chi connectivity index (χ3v) is 7.11. The third-order valence-electron chi connectivity index (χ3n) is 7.11. The number of benzene rings is 3. The fraction of sp³-hybridized carbons (Fsp3) is 0.353. The number of hydrogen-bond donors (Lipinski definition) is 1. The molecule has 4 rings (SSSR count). The summed E-state index contributed by atoms with van der Waals surface area (Å²) >= 11 is 0. The monoisotopic (exact) mass is 586 g/mol. The van der Waals surface area contributed by atoms with Gasteiger partial charge in [0.2, 0.25) is 5.91 Å². The second-order valence-electron chi connectivity index (χ2n) is 10.9. The minimum absolute atomic E-state index is 0.00440. The molecule has 1 heterocycles. The number of unbranched alkanes of at least 4 members (excludes halogenated alkanes) is 1. The molecule has 1 aliphatic rings. The van der Waals surface area contributed by atoms with Gasteiger partial charge >= 0.3 is 11.9 Å². The van der Waals surface area contributed by atoms with E-state index in [0.717, 1.165) is 29.7 Å². The van der Waals surface area contributed by atoms with Crippen LogP contribution in [0.15, 0.2) is 66.7 Å². The molecule has 1 N–H and O–H groups in total. The number of nitrogens with zero attached hydrogens (tertiary/aromatic N) is 1. The van der Waals surface area contributed by atoms with Crippen molar-refractivity contribution in [1.29, 1.82) is 0 Å². The van der Waals surface area contributed by atoms with Crippen molar-refractivity contribution in [2.45, 2.75) is 52.9 Å². The standard InChI is InChI=1S/C34H38N2O7/c1-5-6-17-41-33(39)24-8-10-26(11-9-24)35-31(37)21-42-34(40)25-19-32(38)36(20-25)27-12-14-28(15-13-27)43-30-18-23(4)7-16-29(30)22(2)3/h7-16,18,22,25H,5-6,17,19-21H2,1-4H3,(H,35,37)/t25-/m0/s1. The van der Waals surface area contributed by atoms with E-state index in [-0.39, 0.29) is 18.9 Å². The molecule has 0 aliphatic carbocycles. The van der Waals surface area contributed by atoms with E-state index in [0.29, 0.717) is 35.2 Å². The Morgan fingerprint density at radius 3 is 2.37 bits per heavy atom. The molecule has 0 saturated carbocycles. The molecule has 1 fully saturated rings. The number of anilines is 2. The molecular weight excluding hydrogens is 548 g/mol. The highest BCUT2D eigenvalue weighted by atomic mass is 16.5. The SMILES string of the molecule is CCCCOC(=O)c1ccc(NC(=O)COC(=O)[C@H]2CC(=O)N(c3ccc(Oc4cc(C)ccc4C(C)C)cc3)C2)cc1. The highest BCUT2D eigenvalue weighted by molar-refractivity contribution is 6.00. The summed E-state index contributed by atoms with van der Waals surface area (Å²) in [4.78, 5) is 51.3. The van der Waals surface area contributed by atoms with Crippen LogP contribution >= 0.6 is 0 Å². The average molecular weight is 587 g/mol. The number of amides is 2. The number of esters is 2. The zero-order valence-electron chi connectivity index (χ0n) is 25.1. The summed E-state index contributed by atoms with van der Waals surface area (Å²) in [5.74, 6) is -0.706. The number of hydrogen-bond acceptors (Lipinski definition) is 7. The molecule has 9 heteroatoms. The highest BCUT2D eigenvalue weighted by Gasteiger charge is 2.36. The number of rotatable bonds is 12. The molecule has 1 atom stereocenters. The summed E-state index contributed by atoms with van der Waals surface area (Å²) in [5.41, 5.74) is 3.69. The summed E-state index contributed by atoms with van der Waals surface area (Å²) in [6.45, 7) is 8.28. The van der Waals surface area contributed by atoms with Gasteiger partial charge in [-0.2, -0.15) is 0 Å². The van der Waals surface area contributed by atoms with Crippen LogP contribution in [0, 0.1) is 12.8 Å². The van der Waals surface area contributed by atoms with Crippen LogP contribution in [0.3, 0.4) is 0 Å². The van der Waals surface area contributed by atoms with Crippen LogP contribution in [0.2, 0.25) is 0 Å². The van der Waals surface area contributed by atoms with Crippen molar-refractivity contribution in [2.75, 3.05) is 30.0 Å². The molecule has 9 nitrogen and oxygen atoms in total. The lowest BCUT2D eigenvalue weighted by atomic mass is 10.0. The van der Waals surface area contributed by atoms with Crippen molar-refractivity contribution < 1.29 is 33.4 Å². The summed E-state index contributed by atoms with van der Waals surface area (Å²) < 4.78 is 16.5. The van der Waals surface area contributed by atoms with E-state index in [1.165, 1.54) is 4.90 Å². The van der Waals surface area contributed by atoms with Crippen molar-refractivity contribution in [3.63, 3.8) is 0 Å². The first-order valence-electron chi connectivity index (χ1n) is 14.6. The predicted octanol–water partition coefficient (Wildman–Crippen LogP) is 6.40. The Bertz CT molecular complexity index is 1450. The highest BCUT2D eigenvalue weighted by Crippen LogP contribution is 2.33. The van der Waals surface area contributed by atoms with Gasteiger partial charge in [-0.3, -0.25) is 14.4 Å². The lowest BCUT2D eigenvalue weighted by molar-refractivity contribution is -0.151. The van der Waals surface area contributed by atoms with Crippen LogP contribution in [0.4, 0.5) is 11.4 Å². The van der Waals surface area contributed by atoms with Gasteiger partial charge in [0.25, 0.3) is 5.91 Å². The van der Waals surface area contributed by atoms with Gasteiger partial charge < -0.3 is 24.4 Å². The maximum atomic E-state index is 12.7. The van der Waals surface area contributed by atoms with Gasteiger partial charge in [0.15, 0.2) is 6.61 Å². The van der Waals surface area contributed by atoms with Crippen molar-refractivity contribution in [3.05, 3.63) is 83.4 Å². The van der Waals surface area contributed by atoms with Crippen LogP contribution in [0.5, 0.6) is 11.5 Å². The van der Waals surface area contributed by atoms with E-state index in [4.69, 9.17) is 14.2 Å². The van der Waals surface area contributed by atoms with Gasteiger partial charge in [-0.1, -0.05) is 39.3 Å². The Morgan fingerprint density at radius 1 is 0.977 bits per heavy atom. The second-order valence-corrected chi connectivity index (χ2v) is 10.9. The molecule has 0 spiro atoms. The van der Waals surface area contributed by atoms with E-state index in [1.807, 2.05) is 19.9 Å². The smallest absolute Gasteiger partial charge is 0.338 e. The number of nitrogens with one attached hydrogen (secondary N) is 1. The van der Waals surface area contributed by atoms with Gasteiger partial charge in [-0.15, -0.1) is 0 Å². The summed E-state index contributed by atoms with van der Waals surface area (Å²) in [6.07, 6.45) is 1.72. The second kappa shape index (κ2) is 14.5. The number of aryl methyl sites for hydroxylation is 1. The molecule has 3 aromatic rings. The molecule has 0 aromatic heterocycles. The van der Waals surface area contributed by atoms with Crippen molar-refractivity contribution >= 4 is 35.1 Å². The van der Waals surface area contributed by atoms with Crippen LogP contribution < -0.4 is 15.0 Å². The number of carbonyl (C=O) groups excluding carboxylic acids is 4. The summed E-state index contributed by atoms with van der Waals surface area (Å²) in [6, 6.07) is 19.6. The van der Waals surface area contributed by atoms with Gasteiger partial charge in [0.05, 0.1) is 18.1 Å². The van der Waals surface area contributed by atoms with E-state index >= 15 is 0 Å². The Morgan fingerprint density at radius 2 is 1.70 bits per heavy atom. The Kier molecular flexibility index (Phi) is 10.5. The van der Waals surface area contributed by atoms with Crippen molar-refractivity contribution in [3.8, 4) is 11.5 Å². The molecule has 1 saturated heterocycles. The Labute approximate surface area is 252 Å². The maximum absolute atomic E-state index is 12.7. The molecule has 0 unspecified atom stereocenters. The molecule has 226 valence electrons. The fourth-order valence-corrected chi connectivity index (χ4v) is 4.68. The molecule has 0 bridgehead atoms. The lowest BCUT2D eigenvalue weighted by Crippen LogP contribution is -2.28. The molecule has 43 heavy (non-hydrogen) atoms. The first-order valence-corrected chi connectivity index (χ1v) is 14.6. The maximum Gasteiger partial charge on any atom is 0.338 e. The Balaban J connectivity index is 1.26. The van der Waals surface area contributed by atoms with Crippen molar-refractivity contribution in [2.24, 2.45) is 5.92 Å². The molecule has 0 radical (unpaired) electrons. The quantitative estimate of drug-likeness (QED) is 0.193. The van der Waals surface area contributed by atoms with Crippen LogP contribution in [-0.2, 0) is 23.9 Å². The first kappa shape index (κ1) is 31.3. The van der Waals surface area contributed by atoms with Crippen LogP contribution in [-0.4, -0.2) is 43.5 Å². The van der Waals surface area contributed by atoms with E-state index in [2.05, 4.69) is 31.3 Å². The molecular formula is C34H38N2O7. The van der Waals surface area contributed by atoms with Crippen molar-refractivity contribution in [1.82, 2.24) is 0 Å². The molecule has 3 aromatic carbocycles. The lowest BCUT2D eigenvalue weighted by Gasteiger charge is -2.18. The third kappa shape index (κ3) is 8.44. The van der Waals surface area contributed by atoms with Gasteiger partial charge in [-0.25, -0.2) is 4.79 Å². The number of carbonyl (C=O) groups is 4. The summed E-state index contributed by atoms with van der Waals surface area (Å²) in [5, 5.41) is 2.63. The average Bonchev–Trinajstić information content (AvgIpc) is 3.38. The summed E-state index contributed by atoms with van der Waals surface area (Å²) in [7, 11) is 0. The Hall–Kier alpha value is -4.66. The zero-order chi connectivity index (χ0) is 30.9. The van der Waals surface area contributed by atoms with Gasteiger partial charge in [0, 0.05) is 24.3 Å². The van der Waals surface area contributed by atoms with Gasteiger partial charge in [-0.05, 0) is 85.0 Å². The minimum Gasteiger partial charge on any atom is -0.462 e. The normalized spacial score (nSPS) is 14.5. The molecule has 1 aliphatic heterocycles. The van der Waals surface area contributed by atoms with E-state index in [9.17, 15) is 19.2 Å². The predicted molar refractivity (Wildman–Crippen MR) is 163 cm³/mol. The number of ether oxygens (including phenoxy) is 3. The minimum atomic E-state index is -0.685.